The highest BCUT2D eigenvalue weighted by atomic mass is 16.5. The molecule has 1 saturated carbocycles. The smallest absolute Gasteiger partial charge is 0.233 e. The van der Waals surface area contributed by atoms with Gasteiger partial charge in [-0.1, -0.05) is 24.3 Å². The predicted octanol–water partition coefficient (Wildman–Crippen LogP) is 1.38. The maximum Gasteiger partial charge on any atom is 0.233 e. The molecular formula is C16H24N2O2. The summed E-state index contributed by atoms with van der Waals surface area (Å²) in [6, 6.07) is 8.47. The van der Waals surface area contributed by atoms with E-state index in [0.717, 1.165) is 19.4 Å². The minimum atomic E-state index is 0.0564. The zero-order chi connectivity index (χ0) is 14.4. The van der Waals surface area contributed by atoms with Gasteiger partial charge in [-0.15, -0.1) is 0 Å². The summed E-state index contributed by atoms with van der Waals surface area (Å²) in [5, 5.41) is 6.10. The van der Waals surface area contributed by atoms with E-state index in [9.17, 15) is 4.79 Å². The van der Waals surface area contributed by atoms with Crippen LogP contribution >= 0.6 is 0 Å². The van der Waals surface area contributed by atoms with Crippen molar-refractivity contribution in [3.8, 4) is 0 Å². The first-order chi connectivity index (χ1) is 9.68. The Labute approximate surface area is 120 Å². The standard InChI is InChI=1S/C16H24N2O2/c1-13-5-3-4-6-14(13)16(7-8-16)12-18-15(19)11-17-9-10-20-2/h3-6,17H,7-12H2,1-2H3,(H,18,19). The molecule has 0 bridgehead atoms. The van der Waals surface area contributed by atoms with E-state index in [2.05, 4.69) is 41.8 Å². The highest BCUT2D eigenvalue weighted by molar-refractivity contribution is 5.78. The van der Waals surface area contributed by atoms with Crippen LogP contribution in [0.2, 0.25) is 0 Å². The topological polar surface area (TPSA) is 50.4 Å². The van der Waals surface area contributed by atoms with Crippen molar-refractivity contribution in [1.29, 1.82) is 0 Å². The zero-order valence-electron chi connectivity index (χ0n) is 12.4. The van der Waals surface area contributed by atoms with Gasteiger partial charge in [-0.05, 0) is 30.9 Å². The van der Waals surface area contributed by atoms with Crippen LogP contribution in [0.4, 0.5) is 0 Å². The van der Waals surface area contributed by atoms with E-state index in [1.807, 2.05) is 0 Å². The molecule has 4 nitrogen and oxygen atoms in total. The Morgan fingerprint density at radius 2 is 2.10 bits per heavy atom. The summed E-state index contributed by atoms with van der Waals surface area (Å²) in [4.78, 5) is 11.8. The van der Waals surface area contributed by atoms with Crippen LogP contribution in [0.25, 0.3) is 0 Å². The van der Waals surface area contributed by atoms with Gasteiger partial charge in [-0.2, -0.15) is 0 Å². The molecule has 1 aliphatic carbocycles. The lowest BCUT2D eigenvalue weighted by molar-refractivity contribution is -0.120. The Bertz CT molecular complexity index is 456. The van der Waals surface area contributed by atoms with Crippen LogP contribution in [0.3, 0.4) is 0 Å². The summed E-state index contributed by atoms with van der Waals surface area (Å²) < 4.78 is 4.92. The average molecular weight is 276 g/mol. The van der Waals surface area contributed by atoms with E-state index < -0.39 is 0 Å². The summed E-state index contributed by atoms with van der Waals surface area (Å²) in [6.07, 6.45) is 2.32. The van der Waals surface area contributed by atoms with Crippen LogP contribution in [-0.4, -0.2) is 39.3 Å². The summed E-state index contributed by atoms with van der Waals surface area (Å²) >= 11 is 0. The number of ether oxygens (including phenoxy) is 1. The van der Waals surface area contributed by atoms with Crippen LogP contribution in [0.1, 0.15) is 24.0 Å². The maximum absolute atomic E-state index is 11.8. The van der Waals surface area contributed by atoms with Gasteiger partial charge in [0.15, 0.2) is 0 Å². The number of carbonyl (C=O) groups excluding carboxylic acids is 1. The third kappa shape index (κ3) is 3.81. The Balaban J connectivity index is 1.79. The van der Waals surface area contributed by atoms with Crippen molar-refractivity contribution in [2.75, 3.05) is 33.4 Å². The number of nitrogens with one attached hydrogen (secondary N) is 2. The Hall–Kier alpha value is -1.39. The summed E-state index contributed by atoms with van der Waals surface area (Å²) in [6.45, 7) is 4.56. The number of carbonyl (C=O) groups is 1. The number of benzene rings is 1. The highest BCUT2D eigenvalue weighted by Crippen LogP contribution is 2.48. The molecule has 1 amide bonds. The van der Waals surface area contributed by atoms with E-state index in [1.54, 1.807) is 7.11 Å². The quantitative estimate of drug-likeness (QED) is 0.705. The van der Waals surface area contributed by atoms with Gasteiger partial charge in [0, 0.05) is 25.6 Å². The number of hydrogen-bond donors (Lipinski definition) is 2. The van der Waals surface area contributed by atoms with Gasteiger partial charge >= 0.3 is 0 Å². The van der Waals surface area contributed by atoms with Gasteiger partial charge in [0.2, 0.25) is 5.91 Å². The number of amides is 1. The van der Waals surface area contributed by atoms with Crippen molar-refractivity contribution in [2.24, 2.45) is 0 Å². The van der Waals surface area contributed by atoms with Crippen LogP contribution in [-0.2, 0) is 14.9 Å². The second-order valence-electron chi connectivity index (χ2n) is 5.54. The monoisotopic (exact) mass is 276 g/mol. The molecule has 1 aromatic rings. The molecule has 0 aromatic heterocycles. The normalized spacial score (nSPS) is 15.9. The van der Waals surface area contributed by atoms with Crippen molar-refractivity contribution in [1.82, 2.24) is 10.6 Å². The molecule has 0 radical (unpaired) electrons. The van der Waals surface area contributed by atoms with Crippen LogP contribution in [0, 0.1) is 6.92 Å². The second-order valence-corrected chi connectivity index (χ2v) is 5.54. The Morgan fingerprint density at radius 1 is 1.35 bits per heavy atom. The Morgan fingerprint density at radius 3 is 2.75 bits per heavy atom. The lowest BCUT2D eigenvalue weighted by atomic mass is 9.92. The number of hydrogen-bond acceptors (Lipinski definition) is 3. The molecule has 20 heavy (non-hydrogen) atoms. The molecule has 1 aliphatic rings. The summed E-state index contributed by atoms with van der Waals surface area (Å²) in [7, 11) is 1.65. The van der Waals surface area contributed by atoms with Crippen molar-refractivity contribution in [3.05, 3.63) is 35.4 Å². The molecule has 1 aromatic carbocycles. The van der Waals surface area contributed by atoms with Gasteiger partial charge in [-0.25, -0.2) is 0 Å². The largest absolute Gasteiger partial charge is 0.383 e. The van der Waals surface area contributed by atoms with Crippen molar-refractivity contribution < 1.29 is 9.53 Å². The third-order valence-corrected chi connectivity index (χ3v) is 3.96. The number of rotatable bonds is 8. The van der Waals surface area contributed by atoms with Gasteiger partial charge in [-0.3, -0.25) is 4.79 Å². The fourth-order valence-electron chi connectivity index (χ4n) is 2.57. The van der Waals surface area contributed by atoms with Crippen molar-refractivity contribution >= 4 is 5.91 Å². The molecule has 1 fully saturated rings. The van der Waals surface area contributed by atoms with E-state index in [4.69, 9.17) is 4.74 Å². The van der Waals surface area contributed by atoms with Crippen LogP contribution < -0.4 is 10.6 Å². The van der Waals surface area contributed by atoms with Gasteiger partial charge in [0.25, 0.3) is 0 Å². The van der Waals surface area contributed by atoms with Crippen LogP contribution in [0.15, 0.2) is 24.3 Å². The fourth-order valence-corrected chi connectivity index (χ4v) is 2.57. The average Bonchev–Trinajstić information content (AvgIpc) is 3.23. The molecule has 0 aliphatic heterocycles. The van der Waals surface area contributed by atoms with Gasteiger partial charge in [0.1, 0.15) is 0 Å². The first kappa shape index (κ1) is 15.0. The molecule has 0 unspecified atom stereocenters. The molecule has 0 atom stereocenters. The molecular weight excluding hydrogens is 252 g/mol. The molecule has 2 N–H and O–H groups in total. The van der Waals surface area contributed by atoms with Gasteiger partial charge in [0.05, 0.1) is 13.2 Å². The Kier molecular flexibility index (Phi) is 5.15. The molecule has 0 heterocycles. The second kappa shape index (κ2) is 6.86. The molecule has 110 valence electrons. The van der Waals surface area contributed by atoms with E-state index in [1.165, 1.54) is 11.1 Å². The van der Waals surface area contributed by atoms with E-state index in [-0.39, 0.29) is 11.3 Å². The van der Waals surface area contributed by atoms with E-state index in [0.29, 0.717) is 19.7 Å². The first-order valence-electron chi connectivity index (χ1n) is 7.20. The third-order valence-electron chi connectivity index (χ3n) is 3.96. The molecule has 0 spiro atoms. The number of methoxy groups -OCH3 is 1. The van der Waals surface area contributed by atoms with Crippen molar-refractivity contribution in [2.45, 2.75) is 25.2 Å². The lowest BCUT2D eigenvalue weighted by Gasteiger charge is -2.19. The summed E-state index contributed by atoms with van der Waals surface area (Å²) in [5.74, 6) is 0.0564. The SMILES string of the molecule is COCCNCC(=O)NCC1(c2ccccc2C)CC1. The molecule has 2 rings (SSSR count). The summed E-state index contributed by atoms with van der Waals surface area (Å²) in [5.41, 5.74) is 2.87. The first-order valence-corrected chi connectivity index (χ1v) is 7.20. The minimum absolute atomic E-state index is 0.0564. The predicted molar refractivity (Wildman–Crippen MR) is 79.8 cm³/mol. The van der Waals surface area contributed by atoms with Gasteiger partial charge < -0.3 is 15.4 Å². The van der Waals surface area contributed by atoms with E-state index >= 15 is 0 Å². The molecule has 0 saturated heterocycles. The highest BCUT2D eigenvalue weighted by Gasteiger charge is 2.44. The number of aryl methyl sites for hydroxylation is 1. The van der Waals surface area contributed by atoms with Crippen LogP contribution in [0.5, 0.6) is 0 Å². The fraction of sp³-hybridized carbons (Fsp3) is 0.562. The lowest BCUT2D eigenvalue weighted by Crippen LogP contribution is -2.39. The maximum atomic E-state index is 11.8. The zero-order valence-corrected chi connectivity index (χ0v) is 12.4. The van der Waals surface area contributed by atoms with Crippen molar-refractivity contribution in [3.63, 3.8) is 0 Å². The minimum Gasteiger partial charge on any atom is -0.383 e. The molecule has 4 heteroatoms.